The number of azo groups is 1. The molecule has 0 aromatic heterocycles. The van der Waals surface area contributed by atoms with Crippen LogP contribution in [0.15, 0.2) is 10.2 Å². The van der Waals surface area contributed by atoms with E-state index in [9.17, 15) is 0 Å². The molecule has 0 aromatic rings. The van der Waals surface area contributed by atoms with E-state index < -0.39 is 16.1 Å². The largest absolute Gasteiger partial charge is 0.194 e. The van der Waals surface area contributed by atoms with Crippen LogP contribution in [0.25, 0.3) is 0 Å². The van der Waals surface area contributed by atoms with E-state index in [2.05, 4.69) is 49.5 Å². The summed E-state index contributed by atoms with van der Waals surface area (Å²) in [5.41, 5.74) is 1.17. The highest BCUT2D eigenvalue weighted by Gasteiger charge is 2.38. The standard InChI is InChI=1S/C9H22N2Si2/c1-12(2,3)8-7-9(11-10-8)13(4,5)6/h8-9H,7H2,1-6H3/t8-,9+. The topological polar surface area (TPSA) is 24.7 Å². The van der Waals surface area contributed by atoms with Crippen molar-refractivity contribution < 1.29 is 0 Å². The number of nitrogens with zero attached hydrogens (tertiary/aromatic N) is 2. The molecular weight excluding hydrogens is 192 g/mol. The van der Waals surface area contributed by atoms with Crippen molar-refractivity contribution >= 4 is 16.1 Å². The van der Waals surface area contributed by atoms with Crippen LogP contribution in [-0.4, -0.2) is 27.5 Å². The summed E-state index contributed by atoms with van der Waals surface area (Å²) in [7, 11) is -2.17. The second kappa shape index (κ2) is 3.31. The summed E-state index contributed by atoms with van der Waals surface area (Å²) >= 11 is 0. The van der Waals surface area contributed by atoms with Crippen molar-refractivity contribution in [2.75, 3.05) is 0 Å². The van der Waals surface area contributed by atoms with Crippen LogP contribution >= 0.6 is 0 Å². The minimum Gasteiger partial charge on any atom is -0.194 e. The molecule has 0 N–H and O–H groups in total. The first-order valence-corrected chi connectivity index (χ1v) is 12.3. The molecule has 4 heteroatoms. The fourth-order valence-corrected chi connectivity index (χ4v) is 4.44. The molecule has 1 aliphatic rings. The Morgan fingerprint density at radius 2 is 1.08 bits per heavy atom. The van der Waals surface area contributed by atoms with Gasteiger partial charge in [-0.25, -0.2) is 0 Å². The van der Waals surface area contributed by atoms with Crippen molar-refractivity contribution in [3.05, 3.63) is 0 Å². The zero-order valence-electron chi connectivity index (χ0n) is 9.76. The predicted octanol–water partition coefficient (Wildman–Crippen LogP) is 3.33. The molecule has 0 bridgehead atoms. The van der Waals surface area contributed by atoms with Crippen LogP contribution in [0.5, 0.6) is 0 Å². The van der Waals surface area contributed by atoms with Gasteiger partial charge in [0.1, 0.15) is 0 Å². The molecule has 0 fully saturated rings. The zero-order chi connectivity index (χ0) is 10.3. The molecular formula is C9H22N2Si2. The third-order valence-corrected chi connectivity index (χ3v) is 7.49. The Morgan fingerprint density at radius 1 is 0.769 bits per heavy atom. The SMILES string of the molecule is C[Si](C)(C)[C@@H]1C[C@H]([Si](C)(C)C)N=N1. The van der Waals surface area contributed by atoms with E-state index in [4.69, 9.17) is 0 Å². The first kappa shape index (κ1) is 11.1. The molecule has 0 aliphatic carbocycles. The Kier molecular flexibility index (Phi) is 2.83. The molecule has 2 nitrogen and oxygen atoms in total. The summed E-state index contributed by atoms with van der Waals surface area (Å²) in [6, 6.07) is 0. The average molecular weight is 214 g/mol. The summed E-state index contributed by atoms with van der Waals surface area (Å²) in [5.74, 6) is 0. The Labute approximate surface area is 83.9 Å². The van der Waals surface area contributed by atoms with Crippen LogP contribution in [0, 0.1) is 0 Å². The van der Waals surface area contributed by atoms with Gasteiger partial charge in [-0.2, -0.15) is 10.2 Å². The molecule has 1 rings (SSSR count). The van der Waals surface area contributed by atoms with Crippen molar-refractivity contribution in [2.45, 2.75) is 57.0 Å². The van der Waals surface area contributed by atoms with Crippen molar-refractivity contribution in [2.24, 2.45) is 10.2 Å². The highest BCUT2D eigenvalue weighted by Crippen LogP contribution is 2.29. The van der Waals surface area contributed by atoms with Gasteiger partial charge in [0.2, 0.25) is 0 Å². The molecule has 0 saturated heterocycles. The van der Waals surface area contributed by atoms with E-state index in [0.717, 1.165) is 0 Å². The molecule has 0 saturated carbocycles. The molecule has 1 heterocycles. The fourth-order valence-electron chi connectivity index (χ4n) is 1.52. The Hall–Kier alpha value is 0.0338. The molecule has 0 aromatic carbocycles. The van der Waals surface area contributed by atoms with Gasteiger partial charge in [0.15, 0.2) is 0 Å². The fraction of sp³-hybridized carbons (Fsp3) is 1.00. The lowest BCUT2D eigenvalue weighted by Crippen LogP contribution is -2.41. The lowest BCUT2D eigenvalue weighted by Gasteiger charge is -2.25. The molecule has 0 spiro atoms. The summed E-state index contributed by atoms with van der Waals surface area (Å²) in [5, 5.41) is 8.95. The van der Waals surface area contributed by atoms with Gasteiger partial charge in [-0.3, -0.25) is 0 Å². The molecule has 0 radical (unpaired) electrons. The Balaban J connectivity index is 2.63. The van der Waals surface area contributed by atoms with Crippen molar-refractivity contribution in [1.29, 1.82) is 0 Å². The summed E-state index contributed by atoms with van der Waals surface area (Å²) in [4.78, 5) is 0. The number of hydrogen-bond acceptors (Lipinski definition) is 2. The average Bonchev–Trinajstić information content (AvgIpc) is 2.28. The normalized spacial score (nSPS) is 29.7. The first-order valence-electron chi connectivity index (χ1n) is 5.11. The van der Waals surface area contributed by atoms with E-state index in [1.807, 2.05) is 0 Å². The van der Waals surface area contributed by atoms with Crippen molar-refractivity contribution in [3.63, 3.8) is 0 Å². The first-order chi connectivity index (χ1) is 5.71. The second-order valence-electron chi connectivity index (χ2n) is 6.23. The molecule has 76 valence electrons. The van der Waals surface area contributed by atoms with Crippen LogP contribution in [0.3, 0.4) is 0 Å². The monoisotopic (exact) mass is 214 g/mol. The smallest absolute Gasteiger partial charge is 0.0756 e. The Bertz CT molecular complexity index is 191. The molecule has 13 heavy (non-hydrogen) atoms. The highest BCUT2D eigenvalue weighted by molar-refractivity contribution is 6.79. The van der Waals surface area contributed by atoms with Gasteiger partial charge in [0, 0.05) is 0 Å². The van der Waals surface area contributed by atoms with E-state index in [1.165, 1.54) is 6.42 Å². The van der Waals surface area contributed by atoms with Crippen LogP contribution in [0.2, 0.25) is 39.3 Å². The highest BCUT2D eigenvalue weighted by atomic mass is 28.3. The summed E-state index contributed by atoms with van der Waals surface area (Å²) in [6.07, 6.45) is 1.24. The summed E-state index contributed by atoms with van der Waals surface area (Å²) in [6.45, 7) is 14.4. The summed E-state index contributed by atoms with van der Waals surface area (Å²) < 4.78 is 0. The van der Waals surface area contributed by atoms with Crippen molar-refractivity contribution in [3.8, 4) is 0 Å². The molecule has 0 unspecified atom stereocenters. The molecule has 1 aliphatic heterocycles. The third kappa shape index (κ3) is 2.74. The Morgan fingerprint density at radius 3 is 1.23 bits per heavy atom. The minimum absolute atomic E-state index is 0.587. The lowest BCUT2D eigenvalue weighted by molar-refractivity contribution is 0.816. The van der Waals surface area contributed by atoms with E-state index in [1.54, 1.807) is 0 Å². The number of hydrogen-bond donors (Lipinski definition) is 0. The van der Waals surface area contributed by atoms with Gasteiger partial charge in [-0.15, -0.1) is 0 Å². The van der Waals surface area contributed by atoms with Gasteiger partial charge in [-0.1, -0.05) is 39.3 Å². The maximum Gasteiger partial charge on any atom is 0.0756 e. The van der Waals surface area contributed by atoms with E-state index in [-0.39, 0.29) is 0 Å². The van der Waals surface area contributed by atoms with Gasteiger partial charge in [0.25, 0.3) is 0 Å². The maximum absolute atomic E-state index is 4.48. The van der Waals surface area contributed by atoms with Gasteiger partial charge >= 0.3 is 0 Å². The minimum atomic E-state index is -1.08. The lowest BCUT2D eigenvalue weighted by atomic mass is 10.4. The zero-order valence-corrected chi connectivity index (χ0v) is 11.8. The van der Waals surface area contributed by atoms with Crippen LogP contribution in [0.4, 0.5) is 0 Å². The quantitative estimate of drug-likeness (QED) is 0.630. The van der Waals surface area contributed by atoms with Crippen LogP contribution in [-0.2, 0) is 0 Å². The number of rotatable bonds is 2. The molecule has 0 amide bonds. The van der Waals surface area contributed by atoms with Gasteiger partial charge in [0.05, 0.1) is 27.5 Å². The van der Waals surface area contributed by atoms with Crippen LogP contribution in [0.1, 0.15) is 6.42 Å². The predicted molar refractivity (Wildman–Crippen MR) is 63.7 cm³/mol. The van der Waals surface area contributed by atoms with Gasteiger partial charge < -0.3 is 0 Å². The molecule has 2 atom stereocenters. The van der Waals surface area contributed by atoms with E-state index >= 15 is 0 Å². The maximum atomic E-state index is 4.48. The van der Waals surface area contributed by atoms with E-state index in [0.29, 0.717) is 11.3 Å². The second-order valence-corrected chi connectivity index (χ2v) is 17.0. The van der Waals surface area contributed by atoms with Crippen LogP contribution < -0.4 is 0 Å². The van der Waals surface area contributed by atoms with Gasteiger partial charge in [-0.05, 0) is 6.42 Å². The van der Waals surface area contributed by atoms with Crippen molar-refractivity contribution in [1.82, 2.24) is 0 Å². The third-order valence-electron chi connectivity index (χ3n) is 2.79.